The molecule has 2 N–H and O–H groups in total. The Balaban J connectivity index is 1.58. The van der Waals surface area contributed by atoms with Crippen LogP contribution in [0.3, 0.4) is 0 Å². The lowest BCUT2D eigenvalue weighted by Gasteiger charge is -2.25. The highest BCUT2D eigenvalue weighted by Gasteiger charge is 2.17. The Morgan fingerprint density at radius 2 is 2.08 bits per heavy atom. The number of nitrogens with one attached hydrogen (secondary N) is 1. The average molecular weight is 328 g/mol. The smallest absolute Gasteiger partial charge is 0.320 e. The van der Waals surface area contributed by atoms with Crippen LogP contribution in [0.15, 0.2) is 30.3 Å². The van der Waals surface area contributed by atoms with Crippen LogP contribution >= 0.6 is 0 Å². The molecule has 0 radical (unpaired) electrons. The van der Waals surface area contributed by atoms with E-state index in [1.807, 2.05) is 17.9 Å². The summed E-state index contributed by atoms with van der Waals surface area (Å²) < 4.78 is 4.92. The summed E-state index contributed by atoms with van der Waals surface area (Å²) >= 11 is 0. The van der Waals surface area contributed by atoms with Gasteiger partial charge in [-0.2, -0.15) is 0 Å². The molecule has 0 bridgehead atoms. The van der Waals surface area contributed by atoms with Crippen LogP contribution in [0.2, 0.25) is 0 Å². The van der Waals surface area contributed by atoms with Gasteiger partial charge in [-0.15, -0.1) is 10.2 Å². The zero-order valence-corrected chi connectivity index (χ0v) is 13.5. The lowest BCUT2D eigenvalue weighted by Crippen LogP contribution is -2.41. The van der Waals surface area contributed by atoms with E-state index in [0.717, 1.165) is 35.7 Å². The van der Waals surface area contributed by atoms with Crippen molar-refractivity contribution in [2.75, 3.05) is 38.1 Å². The van der Waals surface area contributed by atoms with Gasteiger partial charge in [0.1, 0.15) is 12.4 Å². The maximum atomic E-state index is 11.2. The largest absolute Gasteiger partial charge is 0.508 e. The Bertz CT molecular complexity index is 718. The molecule has 2 aromatic rings. The van der Waals surface area contributed by atoms with Crippen molar-refractivity contribution in [1.29, 1.82) is 0 Å². The summed E-state index contributed by atoms with van der Waals surface area (Å²) in [6, 6.07) is 8.83. The average Bonchev–Trinajstić information content (AvgIpc) is 2.57. The molecule has 0 unspecified atom stereocenters. The minimum absolute atomic E-state index is 0.171. The van der Waals surface area contributed by atoms with Crippen LogP contribution < -0.4 is 5.32 Å². The third-order valence-electron chi connectivity index (χ3n) is 3.89. The van der Waals surface area contributed by atoms with Gasteiger partial charge in [0.25, 0.3) is 0 Å². The summed E-state index contributed by atoms with van der Waals surface area (Å²) in [5.41, 5.74) is 2.66. The zero-order valence-electron chi connectivity index (χ0n) is 13.5. The molecule has 0 saturated carbocycles. The summed E-state index contributed by atoms with van der Waals surface area (Å²) in [5, 5.41) is 21.1. The first-order valence-corrected chi connectivity index (χ1v) is 7.87. The Morgan fingerprint density at radius 1 is 1.29 bits per heavy atom. The first-order chi connectivity index (χ1) is 11.6. The summed E-state index contributed by atoms with van der Waals surface area (Å²) in [7, 11) is 0. The Morgan fingerprint density at radius 3 is 2.79 bits per heavy atom. The number of aryl methyl sites for hydroxylation is 1. The number of phenolic OH excluding ortho intramolecular Hbond substituents is 1. The fourth-order valence-corrected chi connectivity index (χ4v) is 2.55. The SMILES string of the molecule is Cc1cc(-c2ccc(O)cc2)nnc1NCCN1CCOC(=O)C1. The van der Waals surface area contributed by atoms with Crippen LogP contribution in [0, 0.1) is 6.92 Å². The van der Waals surface area contributed by atoms with Crippen molar-refractivity contribution in [3.05, 3.63) is 35.9 Å². The third kappa shape index (κ3) is 3.99. The molecular weight excluding hydrogens is 308 g/mol. The molecule has 1 saturated heterocycles. The van der Waals surface area contributed by atoms with Crippen LogP contribution in [0.4, 0.5) is 5.82 Å². The van der Waals surface area contributed by atoms with E-state index in [1.54, 1.807) is 24.3 Å². The number of esters is 1. The molecule has 0 aliphatic carbocycles. The summed E-state index contributed by atoms with van der Waals surface area (Å²) in [6.45, 7) is 4.96. The number of aromatic nitrogens is 2. The summed E-state index contributed by atoms with van der Waals surface area (Å²) in [4.78, 5) is 13.3. The number of ether oxygens (including phenoxy) is 1. The van der Waals surface area contributed by atoms with Crippen molar-refractivity contribution in [2.24, 2.45) is 0 Å². The molecule has 126 valence electrons. The van der Waals surface area contributed by atoms with Crippen molar-refractivity contribution < 1.29 is 14.6 Å². The molecule has 1 fully saturated rings. The monoisotopic (exact) mass is 328 g/mol. The molecule has 24 heavy (non-hydrogen) atoms. The molecule has 1 aliphatic rings. The molecule has 1 aromatic heterocycles. The highest BCUT2D eigenvalue weighted by atomic mass is 16.5. The topological polar surface area (TPSA) is 87.6 Å². The van der Waals surface area contributed by atoms with E-state index in [4.69, 9.17) is 4.74 Å². The van der Waals surface area contributed by atoms with Gasteiger partial charge >= 0.3 is 5.97 Å². The van der Waals surface area contributed by atoms with Gasteiger partial charge in [0, 0.05) is 25.2 Å². The number of hydrogen-bond acceptors (Lipinski definition) is 7. The van der Waals surface area contributed by atoms with E-state index in [9.17, 15) is 9.90 Å². The molecule has 2 heterocycles. The van der Waals surface area contributed by atoms with E-state index < -0.39 is 0 Å². The number of phenols is 1. The molecule has 0 atom stereocenters. The second-order valence-electron chi connectivity index (χ2n) is 5.73. The number of carbonyl (C=O) groups is 1. The van der Waals surface area contributed by atoms with Crippen molar-refractivity contribution in [3.63, 3.8) is 0 Å². The van der Waals surface area contributed by atoms with Crippen molar-refractivity contribution in [1.82, 2.24) is 15.1 Å². The molecule has 3 rings (SSSR count). The molecule has 7 heteroatoms. The number of nitrogens with zero attached hydrogens (tertiary/aromatic N) is 3. The van der Waals surface area contributed by atoms with E-state index in [2.05, 4.69) is 15.5 Å². The van der Waals surface area contributed by atoms with Crippen LogP contribution in [0.25, 0.3) is 11.3 Å². The number of anilines is 1. The molecule has 0 spiro atoms. The van der Waals surface area contributed by atoms with Gasteiger partial charge in [-0.25, -0.2) is 0 Å². The van der Waals surface area contributed by atoms with E-state index >= 15 is 0 Å². The third-order valence-corrected chi connectivity index (χ3v) is 3.89. The minimum Gasteiger partial charge on any atom is -0.508 e. The number of rotatable bonds is 5. The van der Waals surface area contributed by atoms with E-state index in [0.29, 0.717) is 19.7 Å². The number of carbonyl (C=O) groups excluding carboxylic acids is 1. The summed E-state index contributed by atoms with van der Waals surface area (Å²) in [5.74, 6) is 0.788. The Labute approximate surface area is 140 Å². The summed E-state index contributed by atoms with van der Waals surface area (Å²) in [6.07, 6.45) is 0. The molecule has 1 aromatic carbocycles. The van der Waals surface area contributed by atoms with Crippen molar-refractivity contribution >= 4 is 11.8 Å². The van der Waals surface area contributed by atoms with Crippen LogP contribution in [0.5, 0.6) is 5.75 Å². The maximum absolute atomic E-state index is 11.2. The first-order valence-electron chi connectivity index (χ1n) is 7.87. The first kappa shape index (κ1) is 16.2. The quantitative estimate of drug-likeness (QED) is 0.803. The van der Waals surface area contributed by atoms with E-state index in [-0.39, 0.29) is 11.7 Å². The van der Waals surface area contributed by atoms with Gasteiger partial charge in [0.2, 0.25) is 0 Å². The number of aromatic hydroxyl groups is 1. The van der Waals surface area contributed by atoms with Crippen LogP contribution in [-0.4, -0.2) is 59.0 Å². The van der Waals surface area contributed by atoms with Crippen molar-refractivity contribution in [3.8, 4) is 17.0 Å². The highest BCUT2D eigenvalue weighted by Crippen LogP contribution is 2.22. The molecule has 0 amide bonds. The second-order valence-corrected chi connectivity index (χ2v) is 5.73. The van der Waals surface area contributed by atoms with Gasteiger partial charge in [0.05, 0.1) is 12.2 Å². The maximum Gasteiger partial charge on any atom is 0.320 e. The lowest BCUT2D eigenvalue weighted by atomic mass is 10.1. The van der Waals surface area contributed by atoms with Crippen LogP contribution in [0.1, 0.15) is 5.56 Å². The lowest BCUT2D eigenvalue weighted by molar-refractivity contribution is -0.150. The second kappa shape index (κ2) is 7.27. The van der Waals surface area contributed by atoms with Gasteiger partial charge < -0.3 is 15.2 Å². The minimum atomic E-state index is -0.171. The van der Waals surface area contributed by atoms with Crippen LogP contribution in [-0.2, 0) is 9.53 Å². The predicted octanol–water partition coefficient (Wildman–Crippen LogP) is 1.43. The fraction of sp³-hybridized carbons (Fsp3) is 0.353. The number of benzene rings is 1. The van der Waals surface area contributed by atoms with E-state index in [1.165, 1.54) is 0 Å². The standard InChI is InChI=1S/C17H20N4O3/c1-12-10-15(13-2-4-14(22)5-3-13)19-20-17(12)18-6-7-21-8-9-24-16(23)11-21/h2-5,10,22H,6-9,11H2,1H3,(H,18,20). The highest BCUT2D eigenvalue weighted by molar-refractivity contribution is 5.72. The van der Waals surface area contributed by atoms with Gasteiger partial charge in [-0.05, 0) is 42.8 Å². The molecule has 7 nitrogen and oxygen atoms in total. The zero-order chi connectivity index (χ0) is 16.9. The van der Waals surface area contributed by atoms with Crippen molar-refractivity contribution in [2.45, 2.75) is 6.92 Å². The number of morpholine rings is 1. The molecular formula is C17H20N4O3. The fourth-order valence-electron chi connectivity index (χ4n) is 2.55. The number of hydrogen-bond donors (Lipinski definition) is 2. The normalized spacial score (nSPS) is 15.1. The Hall–Kier alpha value is -2.67. The van der Waals surface area contributed by atoms with Gasteiger partial charge in [-0.1, -0.05) is 0 Å². The van der Waals surface area contributed by atoms with Gasteiger partial charge in [0.15, 0.2) is 5.82 Å². The van der Waals surface area contributed by atoms with Gasteiger partial charge in [-0.3, -0.25) is 9.69 Å². The predicted molar refractivity (Wildman–Crippen MR) is 89.8 cm³/mol. The molecule has 1 aliphatic heterocycles. The number of cyclic esters (lactones) is 1. The Kier molecular flexibility index (Phi) is 4.90.